The summed E-state index contributed by atoms with van der Waals surface area (Å²) in [5, 5.41) is 0. The van der Waals surface area contributed by atoms with Crippen LogP contribution in [0.15, 0.2) is 22.9 Å². The summed E-state index contributed by atoms with van der Waals surface area (Å²) in [6.07, 6.45) is 6.69. The third-order valence-electron chi connectivity index (χ3n) is 1.96. The fraction of sp³-hybridized carbons (Fsp3) is 0.545. The van der Waals surface area contributed by atoms with Crippen molar-refractivity contribution in [3.8, 4) is 5.75 Å². The van der Waals surface area contributed by atoms with E-state index in [9.17, 15) is 0 Å². The lowest BCUT2D eigenvalue weighted by Gasteiger charge is -2.05. The van der Waals surface area contributed by atoms with Crippen molar-refractivity contribution in [2.45, 2.75) is 32.6 Å². The fourth-order valence-electron chi connectivity index (χ4n) is 1.19. The Morgan fingerprint density at radius 1 is 1.36 bits per heavy atom. The molecule has 3 heteroatoms. The molecule has 0 aliphatic rings. The maximum atomic E-state index is 5.56. The molecule has 0 atom stereocenters. The van der Waals surface area contributed by atoms with E-state index in [1.807, 2.05) is 12.1 Å². The van der Waals surface area contributed by atoms with E-state index in [0.29, 0.717) is 0 Å². The van der Waals surface area contributed by atoms with E-state index in [-0.39, 0.29) is 0 Å². The number of hydrogen-bond acceptors (Lipinski definition) is 2. The van der Waals surface area contributed by atoms with Crippen LogP contribution < -0.4 is 4.74 Å². The van der Waals surface area contributed by atoms with Gasteiger partial charge < -0.3 is 4.74 Å². The summed E-state index contributed by atoms with van der Waals surface area (Å²) in [5.41, 5.74) is 0. The molecule has 1 aromatic rings. The molecule has 0 saturated heterocycles. The predicted octanol–water partition coefficient (Wildman–Crippen LogP) is 3.80. The summed E-state index contributed by atoms with van der Waals surface area (Å²) < 4.78 is 6.39. The summed E-state index contributed by atoms with van der Waals surface area (Å²) in [6, 6.07) is 3.77. The lowest BCUT2D eigenvalue weighted by Crippen LogP contribution is -1.97. The van der Waals surface area contributed by atoms with E-state index in [2.05, 4.69) is 27.8 Å². The van der Waals surface area contributed by atoms with Crippen LogP contribution in [0, 0.1) is 0 Å². The second-order valence-corrected chi connectivity index (χ2v) is 4.04. The maximum Gasteiger partial charge on any atom is 0.123 e. The first-order valence-electron chi connectivity index (χ1n) is 5.07. The minimum atomic E-state index is 0.802. The van der Waals surface area contributed by atoms with Crippen molar-refractivity contribution in [3.63, 3.8) is 0 Å². The molecular weight excluding hydrogens is 242 g/mol. The van der Waals surface area contributed by atoms with Gasteiger partial charge in [-0.1, -0.05) is 26.2 Å². The highest BCUT2D eigenvalue weighted by atomic mass is 79.9. The summed E-state index contributed by atoms with van der Waals surface area (Å²) in [5.74, 6) is 0.892. The zero-order valence-corrected chi connectivity index (χ0v) is 10.1. The van der Waals surface area contributed by atoms with Crippen LogP contribution in [-0.4, -0.2) is 11.6 Å². The minimum Gasteiger partial charge on any atom is -0.493 e. The number of nitrogens with zero attached hydrogens (tertiary/aromatic N) is 1. The van der Waals surface area contributed by atoms with E-state index in [1.54, 1.807) is 6.20 Å². The number of rotatable bonds is 6. The molecule has 0 bridgehead atoms. The van der Waals surface area contributed by atoms with Gasteiger partial charge in [0.1, 0.15) is 10.4 Å². The van der Waals surface area contributed by atoms with Crippen molar-refractivity contribution in [2.75, 3.05) is 6.61 Å². The second kappa shape index (κ2) is 6.82. The molecule has 0 aromatic carbocycles. The van der Waals surface area contributed by atoms with Crippen LogP contribution in [0.4, 0.5) is 0 Å². The van der Waals surface area contributed by atoms with Gasteiger partial charge in [-0.25, -0.2) is 4.98 Å². The highest BCUT2D eigenvalue weighted by Gasteiger charge is 1.94. The number of pyridine rings is 1. The lowest BCUT2D eigenvalue weighted by atomic mass is 10.2. The molecule has 0 fully saturated rings. The van der Waals surface area contributed by atoms with Crippen LogP contribution in [0.25, 0.3) is 0 Å². The zero-order valence-electron chi connectivity index (χ0n) is 8.50. The first kappa shape index (κ1) is 11.5. The monoisotopic (exact) mass is 257 g/mol. The average molecular weight is 258 g/mol. The van der Waals surface area contributed by atoms with E-state index in [1.165, 1.54) is 19.3 Å². The first-order chi connectivity index (χ1) is 6.83. The quantitative estimate of drug-likeness (QED) is 0.572. The Bertz CT molecular complexity index is 265. The first-order valence-corrected chi connectivity index (χ1v) is 5.86. The molecule has 78 valence electrons. The van der Waals surface area contributed by atoms with E-state index in [4.69, 9.17) is 4.74 Å². The van der Waals surface area contributed by atoms with Gasteiger partial charge >= 0.3 is 0 Å². The second-order valence-electron chi connectivity index (χ2n) is 3.22. The molecule has 0 saturated carbocycles. The number of unbranched alkanes of at least 4 members (excludes halogenated alkanes) is 3. The lowest BCUT2D eigenvalue weighted by molar-refractivity contribution is 0.304. The highest BCUT2D eigenvalue weighted by Crippen LogP contribution is 2.15. The van der Waals surface area contributed by atoms with Crippen molar-refractivity contribution in [3.05, 3.63) is 22.9 Å². The van der Waals surface area contributed by atoms with Crippen molar-refractivity contribution >= 4 is 15.9 Å². The smallest absolute Gasteiger partial charge is 0.123 e. The number of aromatic nitrogens is 1. The van der Waals surface area contributed by atoms with Gasteiger partial charge in [-0.05, 0) is 28.4 Å². The molecule has 0 aliphatic heterocycles. The third-order valence-corrected chi connectivity index (χ3v) is 2.40. The SMILES string of the molecule is CCCCCCOc1ccnc(Br)c1. The Balaban J connectivity index is 2.18. The molecule has 0 aliphatic carbocycles. The van der Waals surface area contributed by atoms with Crippen LogP contribution in [-0.2, 0) is 0 Å². The van der Waals surface area contributed by atoms with Crippen LogP contribution in [0.2, 0.25) is 0 Å². The zero-order chi connectivity index (χ0) is 10.2. The molecule has 1 aromatic heterocycles. The average Bonchev–Trinajstić information content (AvgIpc) is 2.18. The number of hydrogen-bond donors (Lipinski definition) is 0. The molecule has 2 nitrogen and oxygen atoms in total. The van der Waals surface area contributed by atoms with Crippen LogP contribution in [0.5, 0.6) is 5.75 Å². The molecule has 14 heavy (non-hydrogen) atoms. The van der Waals surface area contributed by atoms with Crippen molar-refractivity contribution in [1.82, 2.24) is 4.98 Å². The number of halogens is 1. The van der Waals surface area contributed by atoms with Crippen molar-refractivity contribution in [1.29, 1.82) is 0 Å². The molecule has 1 heterocycles. The van der Waals surface area contributed by atoms with Gasteiger partial charge in [0.25, 0.3) is 0 Å². The van der Waals surface area contributed by atoms with Gasteiger partial charge in [0.2, 0.25) is 0 Å². The Kier molecular flexibility index (Phi) is 5.60. The Morgan fingerprint density at radius 3 is 2.93 bits per heavy atom. The summed E-state index contributed by atoms with van der Waals surface area (Å²) >= 11 is 3.30. The molecule has 0 N–H and O–H groups in total. The standard InChI is InChI=1S/C11H16BrNO/c1-2-3-4-5-8-14-10-6-7-13-11(12)9-10/h6-7,9H,2-5,8H2,1H3. The largest absolute Gasteiger partial charge is 0.493 e. The third kappa shape index (κ3) is 4.61. The minimum absolute atomic E-state index is 0.802. The van der Waals surface area contributed by atoms with Gasteiger partial charge in [0.05, 0.1) is 6.61 Å². The van der Waals surface area contributed by atoms with Gasteiger partial charge in [0, 0.05) is 12.3 Å². The van der Waals surface area contributed by atoms with E-state index >= 15 is 0 Å². The molecule has 0 unspecified atom stereocenters. The topological polar surface area (TPSA) is 22.1 Å². The molecular formula is C11H16BrNO. The normalized spacial score (nSPS) is 10.1. The van der Waals surface area contributed by atoms with Crippen LogP contribution >= 0.6 is 15.9 Å². The van der Waals surface area contributed by atoms with Gasteiger partial charge in [-0.3, -0.25) is 0 Å². The Morgan fingerprint density at radius 2 is 2.21 bits per heavy atom. The maximum absolute atomic E-state index is 5.56. The van der Waals surface area contributed by atoms with Gasteiger partial charge in [0.15, 0.2) is 0 Å². The highest BCUT2D eigenvalue weighted by molar-refractivity contribution is 9.10. The predicted molar refractivity (Wildman–Crippen MR) is 61.6 cm³/mol. The molecule has 1 rings (SSSR count). The molecule has 0 spiro atoms. The van der Waals surface area contributed by atoms with Gasteiger partial charge in [-0.2, -0.15) is 0 Å². The van der Waals surface area contributed by atoms with E-state index in [0.717, 1.165) is 23.4 Å². The molecule has 0 amide bonds. The van der Waals surface area contributed by atoms with Crippen molar-refractivity contribution in [2.24, 2.45) is 0 Å². The Labute approximate surface area is 93.8 Å². The van der Waals surface area contributed by atoms with Crippen LogP contribution in [0.1, 0.15) is 32.6 Å². The Hall–Kier alpha value is -0.570. The van der Waals surface area contributed by atoms with E-state index < -0.39 is 0 Å². The molecule has 0 radical (unpaired) electrons. The summed E-state index contributed by atoms with van der Waals surface area (Å²) in [4.78, 5) is 4.03. The fourth-order valence-corrected chi connectivity index (χ4v) is 1.54. The van der Waals surface area contributed by atoms with Gasteiger partial charge in [-0.15, -0.1) is 0 Å². The van der Waals surface area contributed by atoms with Crippen molar-refractivity contribution < 1.29 is 4.74 Å². The summed E-state index contributed by atoms with van der Waals surface area (Å²) in [7, 11) is 0. The number of ether oxygens (including phenoxy) is 1. The summed E-state index contributed by atoms with van der Waals surface area (Å²) in [6.45, 7) is 3.01. The van der Waals surface area contributed by atoms with Crippen LogP contribution in [0.3, 0.4) is 0 Å².